The van der Waals surface area contributed by atoms with Gasteiger partial charge in [0.25, 0.3) is 0 Å². The predicted octanol–water partition coefficient (Wildman–Crippen LogP) is 16.3. The van der Waals surface area contributed by atoms with Gasteiger partial charge in [-0.05, 0) is 51.4 Å². The van der Waals surface area contributed by atoms with Gasteiger partial charge in [0.2, 0.25) is 5.91 Å². The molecule has 61 heavy (non-hydrogen) atoms. The second-order valence-electron chi connectivity index (χ2n) is 18.6. The van der Waals surface area contributed by atoms with Gasteiger partial charge >= 0.3 is 5.97 Å². The fourth-order valence-corrected chi connectivity index (χ4v) is 8.32. The summed E-state index contributed by atoms with van der Waals surface area (Å²) in [4.78, 5) is 24.5. The number of rotatable bonds is 50. The first-order valence-electron chi connectivity index (χ1n) is 27.1. The molecule has 0 spiro atoms. The molecule has 360 valence electrons. The van der Waals surface area contributed by atoms with E-state index in [1.54, 1.807) is 0 Å². The van der Waals surface area contributed by atoms with Gasteiger partial charge in [-0.1, -0.05) is 250 Å². The summed E-state index contributed by atoms with van der Waals surface area (Å²) in [6, 6.07) is -0.546. The summed E-state index contributed by atoms with van der Waals surface area (Å²) in [5.41, 5.74) is 0. The monoisotopic (exact) mass is 860 g/mol. The van der Waals surface area contributed by atoms with Crippen molar-refractivity contribution in [1.29, 1.82) is 0 Å². The number of unbranched alkanes of at least 4 members (excludes halogenated alkanes) is 35. The number of hydrogen-bond donors (Lipinski definition) is 3. The van der Waals surface area contributed by atoms with E-state index in [9.17, 15) is 19.8 Å². The van der Waals surface area contributed by atoms with Crippen LogP contribution in [-0.4, -0.2) is 47.4 Å². The SMILES string of the molecule is CCC/C=C\C/C=C\CCCCCCCC(=O)OCCCCCCCCCCCCCCCCCCC(=O)NC(CO)C(O)CCCCCCCCCCCCCCCCC. The van der Waals surface area contributed by atoms with E-state index in [4.69, 9.17) is 4.74 Å². The largest absolute Gasteiger partial charge is 0.466 e. The zero-order chi connectivity index (χ0) is 44.4. The van der Waals surface area contributed by atoms with E-state index in [1.165, 1.54) is 199 Å². The van der Waals surface area contributed by atoms with Crippen LogP contribution in [0.2, 0.25) is 0 Å². The molecule has 2 atom stereocenters. The number of aliphatic hydroxyl groups is 2. The average Bonchev–Trinajstić information content (AvgIpc) is 3.26. The molecular weight excluding hydrogens is 755 g/mol. The van der Waals surface area contributed by atoms with Crippen LogP contribution < -0.4 is 5.32 Å². The van der Waals surface area contributed by atoms with Crippen molar-refractivity contribution < 1.29 is 24.5 Å². The standard InChI is InChI=1S/C55H105NO5/c1-3-5-7-9-11-13-15-17-20-24-27-31-35-39-43-47-53(58)52(51-57)56-54(59)48-44-40-36-32-28-25-21-18-19-22-26-30-34-38-42-46-50-61-55(60)49-45-41-37-33-29-23-16-14-12-10-8-6-4-2/h8,10,14,16,52-53,57-58H,3-7,9,11-13,15,17-51H2,1-2H3,(H,56,59)/b10-8-,16-14-. The number of amides is 1. The molecule has 0 aromatic rings. The van der Waals surface area contributed by atoms with Crippen LogP contribution in [0.1, 0.15) is 290 Å². The number of allylic oxidation sites excluding steroid dienone is 4. The molecule has 3 N–H and O–H groups in total. The third-order valence-corrected chi connectivity index (χ3v) is 12.5. The Bertz CT molecular complexity index is 951. The third-order valence-electron chi connectivity index (χ3n) is 12.5. The minimum Gasteiger partial charge on any atom is -0.466 e. The van der Waals surface area contributed by atoms with E-state index in [-0.39, 0.29) is 18.5 Å². The summed E-state index contributed by atoms with van der Waals surface area (Å²) >= 11 is 0. The van der Waals surface area contributed by atoms with Crippen LogP contribution in [0.4, 0.5) is 0 Å². The molecule has 0 heterocycles. The summed E-state index contributed by atoms with van der Waals surface area (Å²) in [6.07, 6.45) is 60.1. The maximum atomic E-state index is 12.5. The van der Waals surface area contributed by atoms with Crippen LogP contribution in [0.15, 0.2) is 24.3 Å². The Morgan fingerprint density at radius 3 is 1.31 bits per heavy atom. The molecule has 0 radical (unpaired) electrons. The summed E-state index contributed by atoms with van der Waals surface area (Å²) < 4.78 is 5.45. The Kier molecular flexibility index (Phi) is 49.6. The summed E-state index contributed by atoms with van der Waals surface area (Å²) in [7, 11) is 0. The van der Waals surface area contributed by atoms with Crippen molar-refractivity contribution in [3.63, 3.8) is 0 Å². The lowest BCUT2D eigenvalue weighted by Gasteiger charge is -2.22. The fraction of sp³-hybridized carbons (Fsp3) is 0.891. The van der Waals surface area contributed by atoms with Gasteiger partial charge in [-0.15, -0.1) is 0 Å². The number of carbonyl (C=O) groups is 2. The molecule has 0 aromatic carbocycles. The Hall–Kier alpha value is -1.66. The molecule has 0 rings (SSSR count). The van der Waals surface area contributed by atoms with Gasteiger partial charge in [0.15, 0.2) is 0 Å². The lowest BCUT2D eigenvalue weighted by molar-refractivity contribution is -0.143. The van der Waals surface area contributed by atoms with Crippen molar-refractivity contribution in [3.05, 3.63) is 24.3 Å². The number of esters is 1. The highest BCUT2D eigenvalue weighted by atomic mass is 16.5. The van der Waals surface area contributed by atoms with Gasteiger partial charge in [-0.3, -0.25) is 9.59 Å². The summed E-state index contributed by atoms with van der Waals surface area (Å²) in [6.45, 7) is 4.87. The van der Waals surface area contributed by atoms with Gasteiger partial charge in [0, 0.05) is 12.8 Å². The normalized spacial score (nSPS) is 12.8. The third kappa shape index (κ3) is 47.7. The highest BCUT2D eigenvalue weighted by Gasteiger charge is 2.20. The van der Waals surface area contributed by atoms with Crippen molar-refractivity contribution in [1.82, 2.24) is 5.32 Å². The lowest BCUT2D eigenvalue weighted by Crippen LogP contribution is -2.45. The second kappa shape index (κ2) is 51.0. The van der Waals surface area contributed by atoms with Gasteiger partial charge in [-0.25, -0.2) is 0 Å². The van der Waals surface area contributed by atoms with Gasteiger partial charge in [0.05, 0.1) is 25.4 Å². The number of carbonyl (C=O) groups excluding carboxylic acids is 2. The maximum absolute atomic E-state index is 12.5. The Labute approximate surface area is 380 Å². The summed E-state index contributed by atoms with van der Waals surface area (Å²) in [5, 5.41) is 23.2. The molecular formula is C55H105NO5. The maximum Gasteiger partial charge on any atom is 0.305 e. The minimum atomic E-state index is -0.669. The number of hydrogen-bond acceptors (Lipinski definition) is 5. The van der Waals surface area contributed by atoms with Crippen molar-refractivity contribution in [2.45, 2.75) is 302 Å². The first-order valence-corrected chi connectivity index (χ1v) is 27.1. The first-order chi connectivity index (χ1) is 30.0. The van der Waals surface area contributed by atoms with Crippen LogP contribution in [0, 0.1) is 0 Å². The van der Waals surface area contributed by atoms with E-state index in [0.717, 1.165) is 57.8 Å². The minimum absolute atomic E-state index is 0.0121. The molecule has 0 saturated carbocycles. The van der Waals surface area contributed by atoms with E-state index >= 15 is 0 Å². The molecule has 0 aliphatic rings. The summed E-state index contributed by atoms with van der Waals surface area (Å²) in [5.74, 6) is -0.0534. The topological polar surface area (TPSA) is 95.9 Å². The Morgan fingerprint density at radius 1 is 0.459 bits per heavy atom. The van der Waals surface area contributed by atoms with Crippen molar-refractivity contribution in [2.24, 2.45) is 0 Å². The molecule has 6 nitrogen and oxygen atoms in total. The van der Waals surface area contributed by atoms with E-state index in [2.05, 4.69) is 43.5 Å². The molecule has 6 heteroatoms. The van der Waals surface area contributed by atoms with Gasteiger partial charge in [0.1, 0.15) is 0 Å². The lowest BCUT2D eigenvalue weighted by atomic mass is 10.0. The Morgan fingerprint density at radius 2 is 0.852 bits per heavy atom. The molecule has 2 unspecified atom stereocenters. The quantitative estimate of drug-likeness (QED) is 0.0322. The van der Waals surface area contributed by atoms with E-state index < -0.39 is 12.1 Å². The van der Waals surface area contributed by atoms with Gasteiger partial charge in [-0.2, -0.15) is 0 Å². The zero-order valence-electron chi connectivity index (χ0n) is 40.9. The molecule has 0 aliphatic carbocycles. The molecule has 0 aromatic heterocycles. The highest BCUT2D eigenvalue weighted by Crippen LogP contribution is 2.17. The molecule has 0 aliphatic heterocycles. The van der Waals surface area contributed by atoms with Crippen LogP contribution in [-0.2, 0) is 14.3 Å². The zero-order valence-corrected chi connectivity index (χ0v) is 40.9. The number of aliphatic hydroxyl groups excluding tert-OH is 2. The highest BCUT2D eigenvalue weighted by molar-refractivity contribution is 5.76. The predicted molar refractivity (Wildman–Crippen MR) is 264 cm³/mol. The van der Waals surface area contributed by atoms with Crippen molar-refractivity contribution >= 4 is 11.9 Å². The molecule has 0 saturated heterocycles. The van der Waals surface area contributed by atoms with Crippen molar-refractivity contribution in [3.8, 4) is 0 Å². The number of nitrogens with one attached hydrogen (secondary N) is 1. The van der Waals surface area contributed by atoms with Crippen molar-refractivity contribution in [2.75, 3.05) is 13.2 Å². The smallest absolute Gasteiger partial charge is 0.305 e. The second-order valence-corrected chi connectivity index (χ2v) is 18.6. The average molecular weight is 860 g/mol. The molecule has 0 fully saturated rings. The number of ether oxygens (including phenoxy) is 1. The molecule has 1 amide bonds. The molecule has 0 bridgehead atoms. The van der Waals surface area contributed by atoms with Crippen LogP contribution in [0.5, 0.6) is 0 Å². The van der Waals surface area contributed by atoms with Crippen LogP contribution in [0.3, 0.4) is 0 Å². The first kappa shape index (κ1) is 59.3. The van der Waals surface area contributed by atoms with Gasteiger partial charge < -0.3 is 20.3 Å². The Balaban J connectivity index is 3.43. The fourth-order valence-electron chi connectivity index (χ4n) is 8.32. The van der Waals surface area contributed by atoms with Crippen LogP contribution in [0.25, 0.3) is 0 Å². The van der Waals surface area contributed by atoms with Crippen LogP contribution >= 0.6 is 0 Å². The van der Waals surface area contributed by atoms with E-state index in [0.29, 0.717) is 25.9 Å². The van der Waals surface area contributed by atoms with E-state index in [1.807, 2.05) is 0 Å².